The van der Waals surface area contributed by atoms with Crippen LogP contribution in [-0.2, 0) is 16.0 Å². The summed E-state index contributed by atoms with van der Waals surface area (Å²) < 4.78 is 21.5. The van der Waals surface area contributed by atoms with Crippen LogP contribution in [0, 0.1) is 0 Å². The van der Waals surface area contributed by atoms with Crippen LogP contribution in [0.25, 0.3) is 0 Å². The molecule has 120 valence electrons. The van der Waals surface area contributed by atoms with Crippen LogP contribution in [-0.4, -0.2) is 47.2 Å². The third-order valence-corrected chi connectivity index (χ3v) is 2.90. The van der Waals surface area contributed by atoms with E-state index in [0.29, 0.717) is 26.4 Å². The molecule has 1 N–H and O–H groups in total. The minimum Gasteiger partial charge on any atom is -0.497 e. The van der Waals surface area contributed by atoms with Gasteiger partial charge in [0, 0.05) is 32.4 Å². The molecule has 0 aliphatic carbocycles. The molecule has 1 aromatic rings. The number of benzene rings is 1. The maximum Gasteiger partial charge on any atom is 0.124 e. The van der Waals surface area contributed by atoms with Gasteiger partial charge in [-0.1, -0.05) is 6.92 Å². The minimum absolute atomic E-state index is 0.553. The molecule has 0 fully saturated rings. The van der Waals surface area contributed by atoms with E-state index in [0.717, 1.165) is 36.6 Å². The predicted molar refractivity (Wildman–Crippen MR) is 83.2 cm³/mol. The van der Waals surface area contributed by atoms with E-state index in [-0.39, 0.29) is 0 Å². The molecule has 0 atom stereocenters. The van der Waals surface area contributed by atoms with Crippen LogP contribution in [0.5, 0.6) is 11.5 Å². The number of nitrogens with one attached hydrogen (secondary N) is 1. The summed E-state index contributed by atoms with van der Waals surface area (Å²) in [6, 6.07) is 5.83. The predicted octanol–water partition coefficient (Wildman–Crippen LogP) is 2.24. The second-order valence-electron chi connectivity index (χ2n) is 4.60. The molecule has 0 amide bonds. The van der Waals surface area contributed by atoms with Crippen molar-refractivity contribution in [2.45, 2.75) is 19.9 Å². The van der Waals surface area contributed by atoms with Crippen molar-refractivity contribution < 1.29 is 18.9 Å². The highest BCUT2D eigenvalue weighted by Gasteiger charge is 2.06. The van der Waals surface area contributed by atoms with Crippen molar-refractivity contribution in [3.63, 3.8) is 0 Å². The fraction of sp³-hybridized carbons (Fsp3) is 0.625. The SMILES string of the molecule is CCCOCCOc1ccc(OC)cc1CNCCOC. The standard InChI is InChI=1S/C16H27NO4/c1-4-8-20-10-11-21-16-6-5-15(19-3)12-14(16)13-17-7-9-18-2/h5-6,12,17H,4,7-11,13H2,1-3H3. The molecule has 0 heterocycles. The van der Waals surface area contributed by atoms with Crippen LogP contribution >= 0.6 is 0 Å². The number of methoxy groups -OCH3 is 2. The smallest absolute Gasteiger partial charge is 0.124 e. The second-order valence-corrected chi connectivity index (χ2v) is 4.60. The molecule has 0 aliphatic heterocycles. The first-order valence-corrected chi connectivity index (χ1v) is 7.39. The third kappa shape index (κ3) is 7.32. The van der Waals surface area contributed by atoms with Crippen LogP contribution in [0.1, 0.15) is 18.9 Å². The maximum absolute atomic E-state index is 5.79. The molecule has 1 aromatic carbocycles. The van der Waals surface area contributed by atoms with Gasteiger partial charge in [-0.3, -0.25) is 0 Å². The van der Waals surface area contributed by atoms with Gasteiger partial charge in [0.05, 0.1) is 20.3 Å². The average Bonchev–Trinajstić information content (AvgIpc) is 2.52. The van der Waals surface area contributed by atoms with E-state index in [1.165, 1.54) is 0 Å². The fourth-order valence-corrected chi connectivity index (χ4v) is 1.82. The van der Waals surface area contributed by atoms with E-state index in [2.05, 4.69) is 12.2 Å². The monoisotopic (exact) mass is 297 g/mol. The van der Waals surface area contributed by atoms with Gasteiger partial charge in [0.25, 0.3) is 0 Å². The van der Waals surface area contributed by atoms with E-state index < -0.39 is 0 Å². The fourth-order valence-electron chi connectivity index (χ4n) is 1.82. The van der Waals surface area contributed by atoms with Gasteiger partial charge in [-0.25, -0.2) is 0 Å². The Morgan fingerprint density at radius 3 is 2.62 bits per heavy atom. The van der Waals surface area contributed by atoms with Gasteiger partial charge in [-0.2, -0.15) is 0 Å². The Labute approximate surface area is 127 Å². The highest BCUT2D eigenvalue weighted by Crippen LogP contribution is 2.24. The Balaban J connectivity index is 2.50. The number of hydrogen-bond donors (Lipinski definition) is 1. The Bertz CT molecular complexity index is 385. The van der Waals surface area contributed by atoms with Gasteiger partial charge in [0.15, 0.2) is 0 Å². The van der Waals surface area contributed by atoms with Gasteiger partial charge < -0.3 is 24.3 Å². The molecule has 0 spiro atoms. The van der Waals surface area contributed by atoms with Crippen molar-refractivity contribution in [2.24, 2.45) is 0 Å². The highest BCUT2D eigenvalue weighted by atomic mass is 16.5. The molecule has 21 heavy (non-hydrogen) atoms. The summed E-state index contributed by atoms with van der Waals surface area (Å²) in [7, 11) is 3.36. The molecule has 0 aliphatic rings. The number of rotatable bonds is 12. The van der Waals surface area contributed by atoms with Gasteiger partial charge in [-0.05, 0) is 24.6 Å². The molecule has 0 unspecified atom stereocenters. The van der Waals surface area contributed by atoms with Gasteiger partial charge in [-0.15, -0.1) is 0 Å². The molecule has 5 nitrogen and oxygen atoms in total. The molecular weight excluding hydrogens is 270 g/mol. The van der Waals surface area contributed by atoms with Crippen LogP contribution in [0.3, 0.4) is 0 Å². The van der Waals surface area contributed by atoms with E-state index in [1.54, 1.807) is 14.2 Å². The summed E-state index contributed by atoms with van der Waals surface area (Å²) in [4.78, 5) is 0. The largest absolute Gasteiger partial charge is 0.497 e. The van der Waals surface area contributed by atoms with Crippen molar-refractivity contribution in [1.82, 2.24) is 5.32 Å². The Morgan fingerprint density at radius 1 is 1.05 bits per heavy atom. The maximum atomic E-state index is 5.79. The summed E-state index contributed by atoms with van der Waals surface area (Å²) in [6.07, 6.45) is 1.03. The topological polar surface area (TPSA) is 49.0 Å². The summed E-state index contributed by atoms with van der Waals surface area (Å²) in [5, 5.41) is 3.31. The van der Waals surface area contributed by atoms with Gasteiger partial charge in [0.2, 0.25) is 0 Å². The summed E-state index contributed by atoms with van der Waals surface area (Å²) >= 11 is 0. The minimum atomic E-state index is 0.553. The second kappa shape index (κ2) is 11.4. The van der Waals surface area contributed by atoms with Gasteiger partial charge >= 0.3 is 0 Å². The lowest BCUT2D eigenvalue weighted by Crippen LogP contribution is -2.19. The third-order valence-electron chi connectivity index (χ3n) is 2.90. The lowest BCUT2D eigenvalue weighted by molar-refractivity contribution is 0.100. The highest BCUT2D eigenvalue weighted by molar-refractivity contribution is 5.40. The Hall–Kier alpha value is -1.30. The molecule has 0 bridgehead atoms. The van der Waals surface area contributed by atoms with Crippen LogP contribution in [0.4, 0.5) is 0 Å². The summed E-state index contributed by atoms with van der Waals surface area (Å²) in [5.41, 5.74) is 1.07. The Kier molecular flexibility index (Phi) is 9.61. The molecule has 0 aromatic heterocycles. The summed E-state index contributed by atoms with van der Waals surface area (Å²) in [6.45, 7) is 6.23. The molecule has 0 radical (unpaired) electrons. The van der Waals surface area contributed by atoms with E-state index in [9.17, 15) is 0 Å². The van der Waals surface area contributed by atoms with Crippen molar-refractivity contribution in [3.05, 3.63) is 23.8 Å². The lowest BCUT2D eigenvalue weighted by Gasteiger charge is -2.14. The van der Waals surface area contributed by atoms with Crippen LogP contribution in [0.15, 0.2) is 18.2 Å². The molecule has 0 saturated heterocycles. The Morgan fingerprint density at radius 2 is 1.90 bits per heavy atom. The normalized spacial score (nSPS) is 10.6. The first kappa shape index (κ1) is 17.8. The number of ether oxygens (including phenoxy) is 4. The van der Waals surface area contributed by atoms with Crippen LogP contribution in [0.2, 0.25) is 0 Å². The number of hydrogen-bond acceptors (Lipinski definition) is 5. The van der Waals surface area contributed by atoms with E-state index >= 15 is 0 Å². The zero-order valence-corrected chi connectivity index (χ0v) is 13.3. The van der Waals surface area contributed by atoms with Crippen molar-refractivity contribution >= 4 is 0 Å². The molecule has 5 heteroatoms. The first-order chi connectivity index (χ1) is 10.3. The molecule has 0 saturated carbocycles. The summed E-state index contributed by atoms with van der Waals surface area (Å²) in [5.74, 6) is 1.69. The van der Waals surface area contributed by atoms with E-state index in [4.69, 9.17) is 18.9 Å². The molecule has 1 rings (SSSR count). The quantitative estimate of drug-likeness (QED) is 0.600. The van der Waals surface area contributed by atoms with Crippen LogP contribution < -0.4 is 14.8 Å². The van der Waals surface area contributed by atoms with Crippen molar-refractivity contribution in [2.75, 3.05) is 47.2 Å². The van der Waals surface area contributed by atoms with E-state index in [1.807, 2.05) is 18.2 Å². The van der Waals surface area contributed by atoms with Crippen molar-refractivity contribution in [3.8, 4) is 11.5 Å². The zero-order chi connectivity index (χ0) is 15.3. The average molecular weight is 297 g/mol. The van der Waals surface area contributed by atoms with Crippen molar-refractivity contribution in [1.29, 1.82) is 0 Å². The molecular formula is C16H27NO4. The first-order valence-electron chi connectivity index (χ1n) is 7.39. The van der Waals surface area contributed by atoms with Gasteiger partial charge in [0.1, 0.15) is 18.1 Å². The lowest BCUT2D eigenvalue weighted by atomic mass is 10.2. The zero-order valence-electron chi connectivity index (χ0n) is 13.3.